The number of nitrogens with one attached hydrogen (secondary N) is 1. The standard InChI is InChI=1S/C15H13NS/c1-2-12(15-8-5-9-17-15)14-10-11-6-3-4-7-13(11)16-14/h2-10,16H,1H3/b12-2-. The number of H-pyrrole nitrogens is 1. The molecule has 2 aromatic heterocycles. The highest BCUT2D eigenvalue weighted by molar-refractivity contribution is 7.11. The molecule has 0 amide bonds. The van der Waals surface area contributed by atoms with E-state index in [4.69, 9.17) is 0 Å². The van der Waals surface area contributed by atoms with Gasteiger partial charge in [0.1, 0.15) is 0 Å². The zero-order chi connectivity index (χ0) is 11.7. The summed E-state index contributed by atoms with van der Waals surface area (Å²) in [6, 6.07) is 14.8. The fraction of sp³-hybridized carbons (Fsp3) is 0.0667. The molecule has 17 heavy (non-hydrogen) atoms. The summed E-state index contributed by atoms with van der Waals surface area (Å²) in [6.45, 7) is 2.08. The van der Waals surface area contributed by atoms with Gasteiger partial charge >= 0.3 is 0 Å². The summed E-state index contributed by atoms with van der Waals surface area (Å²) in [5, 5.41) is 3.38. The van der Waals surface area contributed by atoms with E-state index in [0.29, 0.717) is 0 Å². The Balaban J connectivity index is 2.14. The second kappa shape index (κ2) is 4.22. The molecule has 3 aromatic rings. The van der Waals surface area contributed by atoms with Crippen molar-refractivity contribution in [3.8, 4) is 0 Å². The fourth-order valence-corrected chi connectivity index (χ4v) is 2.90. The minimum atomic E-state index is 1.19. The monoisotopic (exact) mass is 239 g/mol. The maximum atomic E-state index is 3.47. The van der Waals surface area contributed by atoms with Gasteiger partial charge in [0.25, 0.3) is 0 Å². The molecule has 0 radical (unpaired) electrons. The van der Waals surface area contributed by atoms with E-state index in [1.54, 1.807) is 11.3 Å². The van der Waals surface area contributed by atoms with Gasteiger partial charge in [0.2, 0.25) is 0 Å². The van der Waals surface area contributed by atoms with Crippen molar-refractivity contribution in [2.24, 2.45) is 0 Å². The molecule has 0 unspecified atom stereocenters. The summed E-state index contributed by atoms with van der Waals surface area (Å²) in [5.74, 6) is 0. The number of thiophene rings is 1. The van der Waals surface area contributed by atoms with Gasteiger partial charge in [-0.2, -0.15) is 0 Å². The molecule has 0 saturated heterocycles. The number of hydrogen-bond donors (Lipinski definition) is 1. The molecule has 2 heterocycles. The van der Waals surface area contributed by atoms with Crippen molar-refractivity contribution in [1.82, 2.24) is 4.98 Å². The van der Waals surface area contributed by atoms with Crippen molar-refractivity contribution >= 4 is 27.8 Å². The summed E-state index contributed by atoms with van der Waals surface area (Å²) in [6.07, 6.45) is 2.16. The zero-order valence-electron chi connectivity index (χ0n) is 9.60. The van der Waals surface area contributed by atoms with E-state index in [-0.39, 0.29) is 0 Å². The maximum Gasteiger partial charge on any atom is 0.0475 e. The van der Waals surface area contributed by atoms with Gasteiger partial charge in [0.05, 0.1) is 0 Å². The lowest BCUT2D eigenvalue weighted by Gasteiger charge is -2.00. The Bertz CT molecular complexity index is 626. The van der Waals surface area contributed by atoms with Crippen molar-refractivity contribution in [3.63, 3.8) is 0 Å². The maximum absolute atomic E-state index is 3.47. The molecular weight excluding hydrogens is 226 g/mol. The third kappa shape index (κ3) is 1.81. The Morgan fingerprint density at radius 1 is 1.18 bits per heavy atom. The molecule has 2 heteroatoms. The van der Waals surface area contributed by atoms with E-state index in [1.165, 1.54) is 27.0 Å². The number of benzene rings is 1. The van der Waals surface area contributed by atoms with Gasteiger partial charge in [0.15, 0.2) is 0 Å². The highest BCUT2D eigenvalue weighted by atomic mass is 32.1. The van der Waals surface area contributed by atoms with Crippen LogP contribution in [0.25, 0.3) is 16.5 Å². The Hall–Kier alpha value is -1.80. The van der Waals surface area contributed by atoms with Crippen molar-refractivity contribution in [2.75, 3.05) is 0 Å². The van der Waals surface area contributed by atoms with E-state index >= 15 is 0 Å². The molecule has 84 valence electrons. The van der Waals surface area contributed by atoms with Gasteiger partial charge in [-0.1, -0.05) is 30.3 Å². The zero-order valence-corrected chi connectivity index (χ0v) is 10.4. The predicted octanol–water partition coefficient (Wildman–Crippen LogP) is 4.68. The van der Waals surface area contributed by atoms with E-state index in [2.05, 4.69) is 65.8 Å². The van der Waals surface area contributed by atoms with Crippen LogP contribution in [0.3, 0.4) is 0 Å². The molecule has 0 atom stereocenters. The van der Waals surface area contributed by atoms with E-state index in [9.17, 15) is 0 Å². The first-order chi connectivity index (χ1) is 8.38. The van der Waals surface area contributed by atoms with Crippen molar-refractivity contribution in [1.29, 1.82) is 0 Å². The fourth-order valence-electron chi connectivity index (χ4n) is 2.08. The number of hydrogen-bond acceptors (Lipinski definition) is 1. The highest BCUT2D eigenvalue weighted by Crippen LogP contribution is 2.28. The molecule has 0 aliphatic heterocycles. The first kappa shape index (κ1) is 10.4. The van der Waals surface area contributed by atoms with E-state index < -0.39 is 0 Å². The second-order valence-electron chi connectivity index (χ2n) is 3.95. The summed E-state index contributed by atoms with van der Waals surface area (Å²) in [4.78, 5) is 4.78. The molecule has 3 rings (SSSR count). The molecule has 0 saturated carbocycles. The SMILES string of the molecule is C/C=C(/c1cc2ccccc2[nH]1)c1cccs1. The Morgan fingerprint density at radius 3 is 2.76 bits per heavy atom. The molecule has 1 N–H and O–H groups in total. The third-order valence-corrected chi connectivity index (χ3v) is 3.80. The van der Waals surface area contributed by atoms with Crippen LogP contribution in [0.15, 0.2) is 53.9 Å². The average Bonchev–Trinajstić information content (AvgIpc) is 2.98. The van der Waals surface area contributed by atoms with Crippen molar-refractivity contribution < 1.29 is 0 Å². The van der Waals surface area contributed by atoms with Crippen LogP contribution in [0.1, 0.15) is 17.5 Å². The average molecular weight is 239 g/mol. The van der Waals surface area contributed by atoms with Crippen molar-refractivity contribution in [3.05, 3.63) is 64.5 Å². The molecule has 1 nitrogen and oxygen atoms in total. The van der Waals surface area contributed by atoms with Gasteiger partial charge < -0.3 is 4.98 Å². The molecule has 0 bridgehead atoms. The number of rotatable bonds is 2. The van der Waals surface area contributed by atoms with Crippen LogP contribution < -0.4 is 0 Å². The number of aromatic amines is 1. The predicted molar refractivity (Wildman–Crippen MR) is 75.4 cm³/mol. The van der Waals surface area contributed by atoms with Crippen LogP contribution in [-0.4, -0.2) is 4.98 Å². The van der Waals surface area contributed by atoms with Crippen LogP contribution >= 0.6 is 11.3 Å². The minimum Gasteiger partial charge on any atom is -0.354 e. The van der Waals surface area contributed by atoms with Crippen LogP contribution in [0.2, 0.25) is 0 Å². The third-order valence-electron chi connectivity index (χ3n) is 2.90. The molecule has 0 fully saturated rings. The van der Waals surface area contributed by atoms with Gasteiger partial charge in [-0.3, -0.25) is 0 Å². The van der Waals surface area contributed by atoms with E-state index in [0.717, 1.165) is 0 Å². The van der Waals surface area contributed by atoms with Gasteiger partial charge in [-0.15, -0.1) is 11.3 Å². The lowest BCUT2D eigenvalue weighted by Crippen LogP contribution is -1.83. The Labute approximate surface area is 104 Å². The Kier molecular flexibility index (Phi) is 2.57. The molecule has 0 spiro atoms. The number of para-hydroxylation sites is 1. The van der Waals surface area contributed by atoms with Gasteiger partial charge in [-0.05, 0) is 30.5 Å². The summed E-state index contributed by atoms with van der Waals surface area (Å²) in [5.41, 5.74) is 3.66. The lowest BCUT2D eigenvalue weighted by molar-refractivity contribution is 1.40. The molecular formula is C15H13NS. The van der Waals surface area contributed by atoms with E-state index in [1.807, 2.05) is 0 Å². The van der Waals surface area contributed by atoms with Crippen LogP contribution in [0.4, 0.5) is 0 Å². The number of fused-ring (bicyclic) bond motifs is 1. The summed E-state index contributed by atoms with van der Waals surface area (Å²) in [7, 11) is 0. The number of allylic oxidation sites excluding steroid dienone is 1. The quantitative estimate of drug-likeness (QED) is 0.668. The minimum absolute atomic E-state index is 1.19. The van der Waals surface area contributed by atoms with Gasteiger partial charge in [0, 0.05) is 27.0 Å². The summed E-state index contributed by atoms with van der Waals surface area (Å²) >= 11 is 1.77. The first-order valence-electron chi connectivity index (χ1n) is 5.67. The van der Waals surface area contributed by atoms with Crippen molar-refractivity contribution in [2.45, 2.75) is 6.92 Å². The topological polar surface area (TPSA) is 15.8 Å². The van der Waals surface area contributed by atoms with Gasteiger partial charge in [-0.25, -0.2) is 0 Å². The van der Waals surface area contributed by atoms with Crippen LogP contribution in [0.5, 0.6) is 0 Å². The van der Waals surface area contributed by atoms with Crippen LogP contribution in [-0.2, 0) is 0 Å². The first-order valence-corrected chi connectivity index (χ1v) is 6.55. The largest absolute Gasteiger partial charge is 0.354 e. The molecule has 1 aromatic carbocycles. The summed E-state index contributed by atoms with van der Waals surface area (Å²) < 4.78 is 0. The normalized spacial score (nSPS) is 12.2. The Morgan fingerprint density at radius 2 is 2.06 bits per heavy atom. The number of aromatic nitrogens is 1. The highest BCUT2D eigenvalue weighted by Gasteiger charge is 2.07. The smallest absolute Gasteiger partial charge is 0.0475 e. The molecule has 0 aliphatic rings. The molecule has 0 aliphatic carbocycles. The second-order valence-corrected chi connectivity index (χ2v) is 4.90. The lowest BCUT2D eigenvalue weighted by atomic mass is 10.1. The van der Waals surface area contributed by atoms with Crippen LogP contribution in [0, 0.1) is 0 Å².